The summed E-state index contributed by atoms with van der Waals surface area (Å²) in [6.45, 7) is 1.24. The Kier molecular flexibility index (Phi) is 5.14. The summed E-state index contributed by atoms with van der Waals surface area (Å²) in [5.41, 5.74) is 3.94. The Balaban J connectivity index is 1.45. The number of aromatic nitrogens is 5. The van der Waals surface area contributed by atoms with E-state index in [9.17, 15) is 4.79 Å². The van der Waals surface area contributed by atoms with Crippen LogP contribution in [0.15, 0.2) is 43.0 Å². The molecular weight excluding hydrogens is 416 g/mol. The van der Waals surface area contributed by atoms with Crippen molar-refractivity contribution in [3.63, 3.8) is 0 Å². The number of methoxy groups -OCH3 is 1. The average Bonchev–Trinajstić information content (AvgIpc) is 3.47. The van der Waals surface area contributed by atoms with Crippen LogP contribution in [-0.2, 0) is 4.74 Å². The third-order valence-corrected chi connectivity index (χ3v) is 5.89. The van der Waals surface area contributed by atoms with Gasteiger partial charge in [-0.1, -0.05) is 17.4 Å². The number of rotatable bonds is 5. The minimum atomic E-state index is -0.328. The molecule has 0 radical (unpaired) electrons. The van der Waals surface area contributed by atoms with Gasteiger partial charge >= 0.3 is 0 Å². The van der Waals surface area contributed by atoms with Crippen LogP contribution in [0.1, 0.15) is 22.5 Å². The summed E-state index contributed by atoms with van der Waals surface area (Å²) in [7, 11) is 1.55. The number of carbonyl (C=O) groups is 1. The van der Waals surface area contributed by atoms with Crippen LogP contribution in [0.25, 0.3) is 27.2 Å². The van der Waals surface area contributed by atoms with Crippen molar-refractivity contribution in [2.75, 3.05) is 25.6 Å². The van der Waals surface area contributed by atoms with E-state index in [1.54, 1.807) is 25.7 Å². The highest BCUT2D eigenvalue weighted by molar-refractivity contribution is 7.22. The van der Waals surface area contributed by atoms with E-state index in [1.807, 2.05) is 12.1 Å². The van der Waals surface area contributed by atoms with Crippen molar-refractivity contribution in [2.45, 2.75) is 6.42 Å². The van der Waals surface area contributed by atoms with E-state index in [-0.39, 0.29) is 5.91 Å². The van der Waals surface area contributed by atoms with Crippen molar-refractivity contribution < 1.29 is 14.3 Å². The normalized spacial score (nSPS) is 13.8. The second-order valence-corrected chi connectivity index (χ2v) is 7.77. The first kappa shape index (κ1) is 19.3. The predicted molar refractivity (Wildman–Crippen MR) is 117 cm³/mol. The maximum atomic E-state index is 12.8. The standard InChI is InChI=1S/C21H18N6O3S/c1-29-20-16-17(14(10-24-20)12-4-8-30-9-5-12)31-21(26-16)27-19(28)15-11-23-18(25-15)13-2-6-22-7-3-13/h2-4,6-7,10-11H,5,8-9H2,1H3,(H,23,25)(H,26,27,28). The van der Waals surface area contributed by atoms with Crippen molar-refractivity contribution in [2.24, 2.45) is 0 Å². The van der Waals surface area contributed by atoms with Gasteiger partial charge in [0.25, 0.3) is 5.91 Å². The second kappa shape index (κ2) is 8.25. The predicted octanol–water partition coefficient (Wildman–Crippen LogP) is 3.54. The van der Waals surface area contributed by atoms with Gasteiger partial charge in [-0.25, -0.2) is 15.0 Å². The van der Waals surface area contributed by atoms with Crippen LogP contribution in [0.5, 0.6) is 5.88 Å². The molecule has 0 atom stereocenters. The molecule has 0 aromatic carbocycles. The number of nitrogens with one attached hydrogen (secondary N) is 2. The van der Waals surface area contributed by atoms with Gasteiger partial charge in [-0.05, 0) is 24.1 Å². The van der Waals surface area contributed by atoms with Crippen LogP contribution < -0.4 is 10.1 Å². The Morgan fingerprint density at radius 1 is 1.26 bits per heavy atom. The molecule has 0 bridgehead atoms. The number of nitrogens with zero attached hydrogens (tertiary/aromatic N) is 4. The van der Waals surface area contributed by atoms with Gasteiger partial charge in [0.1, 0.15) is 17.0 Å². The molecule has 10 heteroatoms. The summed E-state index contributed by atoms with van der Waals surface area (Å²) in [5.74, 6) is 0.687. The number of imidazole rings is 1. The van der Waals surface area contributed by atoms with Crippen molar-refractivity contribution in [1.29, 1.82) is 0 Å². The molecule has 4 aromatic rings. The molecule has 0 unspecified atom stereocenters. The zero-order chi connectivity index (χ0) is 21.2. The highest BCUT2D eigenvalue weighted by Crippen LogP contribution is 2.37. The largest absolute Gasteiger partial charge is 0.479 e. The first-order valence-corrected chi connectivity index (χ1v) is 10.4. The molecule has 9 nitrogen and oxygen atoms in total. The molecule has 4 aromatic heterocycles. The summed E-state index contributed by atoms with van der Waals surface area (Å²) in [5, 5.41) is 3.31. The topological polar surface area (TPSA) is 115 Å². The van der Waals surface area contributed by atoms with E-state index < -0.39 is 0 Å². The van der Waals surface area contributed by atoms with Crippen LogP contribution in [0, 0.1) is 0 Å². The lowest BCUT2D eigenvalue weighted by molar-refractivity contribution is 0.102. The van der Waals surface area contributed by atoms with Gasteiger partial charge in [0.2, 0.25) is 5.88 Å². The number of pyridine rings is 2. The van der Waals surface area contributed by atoms with E-state index in [2.05, 4.69) is 36.3 Å². The molecule has 0 spiro atoms. The molecule has 5 rings (SSSR count). The lowest BCUT2D eigenvalue weighted by atomic mass is 10.0. The van der Waals surface area contributed by atoms with Crippen molar-refractivity contribution in [1.82, 2.24) is 24.9 Å². The smallest absolute Gasteiger partial charge is 0.275 e. The molecule has 5 heterocycles. The number of hydrogen-bond acceptors (Lipinski definition) is 8. The summed E-state index contributed by atoms with van der Waals surface area (Å²) >= 11 is 1.39. The van der Waals surface area contributed by atoms with Gasteiger partial charge in [-0.2, -0.15) is 0 Å². The maximum absolute atomic E-state index is 12.8. The van der Waals surface area contributed by atoms with E-state index in [0.717, 1.165) is 27.8 Å². The first-order valence-electron chi connectivity index (χ1n) is 9.60. The summed E-state index contributed by atoms with van der Waals surface area (Å²) in [6, 6.07) is 3.64. The zero-order valence-electron chi connectivity index (χ0n) is 16.6. The van der Waals surface area contributed by atoms with E-state index >= 15 is 0 Å². The molecule has 156 valence electrons. The zero-order valence-corrected chi connectivity index (χ0v) is 17.4. The molecule has 0 saturated carbocycles. The maximum Gasteiger partial charge on any atom is 0.275 e. The van der Waals surface area contributed by atoms with Gasteiger partial charge < -0.3 is 14.5 Å². The minimum Gasteiger partial charge on any atom is -0.479 e. The summed E-state index contributed by atoms with van der Waals surface area (Å²) in [4.78, 5) is 33.0. The molecule has 31 heavy (non-hydrogen) atoms. The van der Waals surface area contributed by atoms with Crippen LogP contribution in [0.3, 0.4) is 0 Å². The number of hydrogen-bond donors (Lipinski definition) is 2. The van der Waals surface area contributed by atoms with E-state index in [1.165, 1.54) is 17.5 Å². The molecule has 1 aliphatic heterocycles. The molecule has 2 N–H and O–H groups in total. The van der Waals surface area contributed by atoms with Crippen LogP contribution in [0.2, 0.25) is 0 Å². The van der Waals surface area contributed by atoms with Crippen LogP contribution >= 0.6 is 11.3 Å². The molecular formula is C21H18N6O3S. The number of H-pyrrole nitrogens is 1. The van der Waals surface area contributed by atoms with Crippen molar-refractivity contribution in [3.05, 3.63) is 54.3 Å². The van der Waals surface area contributed by atoms with Gasteiger partial charge in [0.15, 0.2) is 5.13 Å². The third-order valence-electron chi connectivity index (χ3n) is 4.88. The quantitative estimate of drug-likeness (QED) is 0.494. The van der Waals surface area contributed by atoms with Crippen molar-refractivity contribution in [3.8, 4) is 17.3 Å². The lowest BCUT2D eigenvalue weighted by Crippen LogP contribution is -2.12. The number of amides is 1. The van der Waals surface area contributed by atoms with Crippen LogP contribution in [-0.4, -0.2) is 51.2 Å². The highest BCUT2D eigenvalue weighted by Gasteiger charge is 2.20. The molecule has 0 saturated heterocycles. The Morgan fingerprint density at radius 3 is 2.90 bits per heavy atom. The first-order chi connectivity index (χ1) is 15.2. The number of carbonyl (C=O) groups excluding carboxylic acids is 1. The number of aromatic amines is 1. The highest BCUT2D eigenvalue weighted by atomic mass is 32.1. The Morgan fingerprint density at radius 2 is 2.13 bits per heavy atom. The Hall–Kier alpha value is -3.63. The number of anilines is 1. The fourth-order valence-corrected chi connectivity index (χ4v) is 4.35. The molecule has 1 aliphatic rings. The van der Waals surface area contributed by atoms with Crippen molar-refractivity contribution >= 4 is 38.2 Å². The van der Waals surface area contributed by atoms with E-state index in [4.69, 9.17) is 9.47 Å². The SMILES string of the molecule is COc1ncc(C2=CCOCC2)c2sc(NC(=O)c3cnc(-c4ccncc4)[nH]3)nc12. The second-order valence-electron chi connectivity index (χ2n) is 6.77. The van der Waals surface area contributed by atoms with Gasteiger partial charge in [-0.3, -0.25) is 15.1 Å². The summed E-state index contributed by atoms with van der Waals surface area (Å²) < 4.78 is 11.7. The fraction of sp³-hybridized carbons (Fsp3) is 0.190. The summed E-state index contributed by atoms with van der Waals surface area (Å²) in [6.07, 6.45) is 9.48. The third kappa shape index (κ3) is 3.78. The molecule has 1 amide bonds. The Labute approximate surface area is 181 Å². The number of thiazole rings is 1. The van der Waals surface area contributed by atoms with Gasteiger partial charge in [0.05, 0.1) is 31.2 Å². The number of ether oxygens (including phenoxy) is 2. The average molecular weight is 434 g/mol. The molecule has 0 aliphatic carbocycles. The van der Waals surface area contributed by atoms with Crippen LogP contribution in [0.4, 0.5) is 5.13 Å². The van der Waals surface area contributed by atoms with Gasteiger partial charge in [0, 0.05) is 29.7 Å². The molecule has 0 fully saturated rings. The van der Waals surface area contributed by atoms with E-state index in [0.29, 0.717) is 41.3 Å². The lowest BCUT2D eigenvalue weighted by Gasteiger charge is -2.14. The van der Waals surface area contributed by atoms with Gasteiger partial charge in [-0.15, -0.1) is 0 Å². The monoisotopic (exact) mass is 434 g/mol. The minimum absolute atomic E-state index is 0.328. The number of fused-ring (bicyclic) bond motifs is 1. The fourth-order valence-electron chi connectivity index (χ4n) is 3.35. The Bertz CT molecular complexity index is 1280.